The Labute approximate surface area is 100 Å². The van der Waals surface area contributed by atoms with Crippen LogP contribution in [0.25, 0.3) is 0 Å². The van der Waals surface area contributed by atoms with Crippen molar-refractivity contribution in [2.75, 3.05) is 14.2 Å². The van der Waals surface area contributed by atoms with Crippen LogP contribution in [-0.4, -0.2) is 30.3 Å². The normalized spacial score (nSPS) is 11.9. The lowest BCUT2D eigenvalue weighted by atomic mass is 10.0. The van der Waals surface area contributed by atoms with Crippen LogP contribution < -0.4 is 9.47 Å². The van der Waals surface area contributed by atoms with Crippen molar-refractivity contribution in [3.63, 3.8) is 0 Å². The van der Waals surface area contributed by atoms with Crippen molar-refractivity contribution in [3.05, 3.63) is 17.8 Å². The van der Waals surface area contributed by atoms with Gasteiger partial charge in [0, 0.05) is 6.20 Å². The van der Waals surface area contributed by atoms with Crippen molar-refractivity contribution in [2.24, 2.45) is 5.92 Å². The average Bonchev–Trinajstić information content (AvgIpc) is 2.34. The Morgan fingerprint density at radius 2 is 2.18 bits per heavy atom. The number of methoxy groups -OCH3 is 2. The molecule has 0 aliphatic heterocycles. The maximum absolute atomic E-state index is 10.8. The number of hydrogen-bond donors (Lipinski definition) is 1. The largest absolute Gasteiger partial charge is 0.496 e. The Kier molecular flexibility index (Phi) is 4.75. The van der Waals surface area contributed by atoms with Crippen molar-refractivity contribution in [2.45, 2.75) is 19.8 Å². The highest BCUT2D eigenvalue weighted by molar-refractivity contribution is 5.69. The molecule has 0 saturated heterocycles. The fourth-order valence-electron chi connectivity index (χ4n) is 1.54. The zero-order valence-corrected chi connectivity index (χ0v) is 10.3. The molecule has 17 heavy (non-hydrogen) atoms. The first-order valence-corrected chi connectivity index (χ1v) is 5.38. The van der Waals surface area contributed by atoms with Crippen LogP contribution in [0.1, 0.15) is 18.9 Å². The van der Waals surface area contributed by atoms with E-state index in [1.165, 1.54) is 7.11 Å². The molecule has 1 rings (SSSR count). The average molecular weight is 239 g/mol. The molecule has 0 aliphatic rings. The molecule has 0 amide bonds. The lowest BCUT2D eigenvalue weighted by molar-refractivity contribution is -0.141. The van der Waals surface area contributed by atoms with Gasteiger partial charge in [-0.05, 0) is 18.9 Å². The van der Waals surface area contributed by atoms with Gasteiger partial charge < -0.3 is 14.6 Å². The number of aliphatic carboxylic acids is 1. The highest BCUT2D eigenvalue weighted by Crippen LogP contribution is 2.28. The molecule has 0 aliphatic carbocycles. The molecule has 0 saturated carbocycles. The standard InChI is InChI=1S/C12H17NO4/c1-8(12(14)15)4-5-9-10(16-2)6-7-13-11(9)17-3/h6-8H,4-5H2,1-3H3,(H,14,15). The maximum atomic E-state index is 10.8. The third kappa shape index (κ3) is 3.34. The molecule has 1 atom stereocenters. The zero-order chi connectivity index (χ0) is 12.8. The number of rotatable bonds is 6. The van der Waals surface area contributed by atoms with Gasteiger partial charge in [-0.15, -0.1) is 0 Å². The molecule has 1 N–H and O–H groups in total. The molecular weight excluding hydrogens is 222 g/mol. The highest BCUT2D eigenvalue weighted by atomic mass is 16.5. The van der Waals surface area contributed by atoms with E-state index in [0.717, 1.165) is 5.56 Å². The van der Waals surface area contributed by atoms with Gasteiger partial charge in [0.05, 0.1) is 25.7 Å². The number of nitrogens with zero attached hydrogens (tertiary/aromatic N) is 1. The van der Waals surface area contributed by atoms with Crippen LogP contribution in [0.3, 0.4) is 0 Å². The predicted octanol–water partition coefficient (Wildman–Crippen LogP) is 1.75. The van der Waals surface area contributed by atoms with E-state index in [1.807, 2.05) is 0 Å². The van der Waals surface area contributed by atoms with Gasteiger partial charge in [0.25, 0.3) is 0 Å². The lowest BCUT2D eigenvalue weighted by Crippen LogP contribution is -2.11. The summed E-state index contributed by atoms with van der Waals surface area (Å²) in [6.45, 7) is 1.68. The van der Waals surface area contributed by atoms with E-state index in [-0.39, 0.29) is 0 Å². The van der Waals surface area contributed by atoms with Crippen molar-refractivity contribution in [3.8, 4) is 11.6 Å². The van der Waals surface area contributed by atoms with Gasteiger partial charge in [0.15, 0.2) is 0 Å². The number of aromatic nitrogens is 1. The second-order valence-corrected chi connectivity index (χ2v) is 3.78. The van der Waals surface area contributed by atoms with Gasteiger partial charge in [0.1, 0.15) is 5.75 Å². The van der Waals surface area contributed by atoms with E-state index >= 15 is 0 Å². The monoisotopic (exact) mass is 239 g/mol. The summed E-state index contributed by atoms with van der Waals surface area (Å²) in [6.07, 6.45) is 2.68. The van der Waals surface area contributed by atoms with E-state index < -0.39 is 11.9 Å². The van der Waals surface area contributed by atoms with Gasteiger partial charge in [-0.2, -0.15) is 0 Å². The summed E-state index contributed by atoms with van der Waals surface area (Å²) in [7, 11) is 3.10. The van der Waals surface area contributed by atoms with Crippen LogP contribution in [0.15, 0.2) is 12.3 Å². The third-order valence-electron chi connectivity index (χ3n) is 2.64. The first-order chi connectivity index (χ1) is 8.10. The molecule has 0 fully saturated rings. The third-order valence-corrected chi connectivity index (χ3v) is 2.64. The molecule has 0 spiro atoms. The number of carboxylic acids is 1. The number of pyridine rings is 1. The molecule has 5 heteroatoms. The molecular formula is C12H17NO4. The SMILES string of the molecule is COc1ccnc(OC)c1CCC(C)C(=O)O. The van der Waals surface area contributed by atoms with Crippen molar-refractivity contribution in [1.82, 2.24) is 4.98 Å². The summed E-state index contributed by atoms with van der Waals surface area (Å²) in [5, 5.41) is 8.83. The minimum atomic E-state index is -0.799. The number of ether oxygens (including phenoxy) is 2. The maximum Gasteiger partial charge on any atom is 0.306 e. The first kappa shape index (κ1) is 13.3. The van der Waals surface area contributed by atoms with Crippen LogP contribution in [0.4, 0.5) is 0 Å². The molecule has 0 radical (unpaired) electrons. The molecule has 5 nitrogen and oxygen atoms in total. The van der Waals surface area contributed by atoms with Gasteiger partial charge in [-0.25, -0.2) is 4.98 Å². The van der Waals surface area contributed by atoms with Crippen LogP contribution in [0.2, 0.25) is 0 Å². The zero-order valence-electron chi connectivity index (χ0n) is 10.3. The van der Waals surface area contributed by atoms with E-state index in [0.29, 0.717) is 24.5 Å². The fourth-order valence-corrected chi connectivity index (χ4v) is 1.54. The van der Waals surface area contributed by atoms with Gasteiger partial charge in [-0.3, -0.25) is 4.79 Å². The van der Waals surface area contributed by atoms with Crippen molar-refractivity contribution >= 4 is 5.97 Å². The smallest absolute Gasteiger partial charge is 0.306 e. The molecule has 0 bridgehead atoms. The van der Waals surface area contributed by atoms with Gasteiger partial charge in [0.2, 0.25) is 5.88 Å². The molecule has 1 unspecified atom stereocenters. The summed E-state index contributed by atoms with van der Waals surface area (Å²) < 4.78 is 10.4. The van der Waals surface area contributed by atoms with E-state index in [2.05, 4.69) is 4.98 Å². The summed E-state index contributed by atoms with van der Waals surface area (Å²) >= 11 is 0. The molecule has 1 heterocycles. The Hall–Kier alpha value is -1.78. The van der Waals surface area contributed by atoms with Gasteiger partial charge in [-0.1, -0.05) is 6.92 Å². The Bertz CT molecular complexity index is 370. The van der Waals surface area contributed by atoms with E-state index in [9.17, 15) is 4.79 Å². The second kappa shape index (κ2) is 6.08. The first-order valence-electron chi connectivity index (χ1n) is 5.38. The Morgan fingerprint density at radius 1 is 1.47 bits per heavy atom. The fraction of sp³-hybridized carbons (Fsp3) is 0.500. The predicted molar refractivity (Wildman–Crippen MR) is 62.5 cm³/mol. The van der Waals surface area contributed by atoms with Gasteiger partial charge >= 0.3 is 5.97 Å². The quantitative estimate of drug-likeness (QED) is 0.819. The summed E-state index contributed by atoms with van der Waals surface area (Å²) in [5.41, 5.74) is 0.811. The Balaban J connectivity index is 2.84. The van der Waals surface area contributed by atoms with E-state index in [1.54, 1.807) is 26.3 Å². The second-order valence-electron chi connectivity index (χ2n) is 3.78. The number of carbonyl (C=O) groups is 1. The number of carboxylic acid groups (broad SMARTS) is 1. The minimum Gasteiger partial charge on any atom is -0.496 e. The summed E-state index contributed by atoms with van der Waals surface area (Å²) in [4.78, 5) is 14.8. The number of hydrogen-bond acceptors (Lipinski definition) is 4. The van der Waals surface area contributed by atoms with Crippen LogP contribution >= 0.6 is 0 Å². The Morgan fingerprint density at radius 3 is 2.71 bits per heavy atom. The lowest BCUT2D eigenvalue weighted by Gasteiger charge is -2.12. The van der Waals surface area contributed by atoms with Crippen LogP contribution in [0, 0.1) is 5.92 Å². The molecule has 94 valence electrons. The van der Waals surface area contributed by atoms with Crippen molar-refractivity contribution < 1.29 is 19.4 Å². The topological polar surface area (TPSA) is 68.7 Å². The van der Waals surface area contributed by atoms with E-state index in [4.69, 9.17) is 14.6 Å². The minimum absolute atomic E-state index is 0.399. The molecule has 1 aromatic rings. The molecule has 0 aromatic carbocycles. The van der Waals surface area contributed by atoms with Crippen molar-refractivity contribution in [1.29, 1.82) is 0 Å². The van der Waals surface area contributed by atoms with Crippen LogP contribution in [0.5, 0.6) is 11.6 Å². The summed E-state index contributed by atoms with van der Waals surface area (Å²) in [5.74, 6) is -0.0344. The highest BCUT2D eigenvalue weighted by Gasteiger charge is 2.16. The summed E-state index contributed by atoms with van der Waals surface area (Å²) in [6, 6.07) is 1.74. The van der Waals surface area contributed by atoms with Crippen LogP contribution in [-0.2, 0) is 11.2 Å². The molecule has 1 aromatic heterocycles.